The molecule has 2 N–H and O–H groups in total. The van der Waals surface area contributed by atoms with Crippen molar-refractivity contribution in [2.75, 3.05) is 0 Å². The van der Waals surface area contributed by atoms with Crippen molar-refractivity contribution in [2.24, 2.45) is 5.73 Å². The lowest BCUT2D eigenvalue weighted by Crippen LogP contribution is -2.06. The van der Waals surface area contributed by atoms with Crippen LogP contribution in [-0.2, 0) is 13.1 Å². The Morgan fingerprint density at radius 3 is 2.68 bits per heavy atom. The molecule has 0 atom stereocenters. The summed E-state index contributed by atoms with van der Waals surface area (Å²) in [5, 5.41) is 9.22. The second-order valence-corrected chi connectivity index (χ2v) is 5.63. The average Bonchev–Trinajstić information content (AvgIpc) is 2.90. The van der Waals surface area contributed by atoms with Gasteiger partial charge in [-0.25, -0.2) is 4.68 Å². The van der Waals surface area contributed by atoms with E-state index < -0.39 is 0 Å². The lowest BCUT2D eigenvalue weighted by Gasteiger charge is -2.10. The smallest absolute Gasteiger partial charge is 0.104 e. The topological polar surface area (TPSA) is 56.7 Å². The summed E-state index contributed by atoms with van der Waals surface area (Å²) in [7, 11) is 0. The van der Waals surface area contributed by atoms with Gasteiger partial charge in [0.05, 0.1) is 12.2 Å². The van der Waals surface area contributed by atoms with E-state index in [1.54, 1.807) is 0 Å². The van der Waals surface area contributed by atoms with E-state index in [2.05, 4.69) is 29.4 Å². The van der Waals surface area contributed by atoms with Crippen molar-refractivity contribution in [1.29, 1.82) is 0 Å². The summed E-state index contributed by atoms with van der Waals surface area (Å²) in [6, 6.07) is 15.9. The van der Waals surface area contributed by atoms with E-state index >= 15 is 0 Å². The highest BCUT2D eigenvalue weighted by molar-refractivity contribution is 6.30. The predicted molar refractivity (Wildman–Crippen MR) is 88.6 cm³/mol. The molecule has 0 bridgehead atoms. The number of halogens is 1. The Hall–Kier alpha value is -2.17. The number of nitrogens with two attached hydrogens (primary N) is 1. The lowest BCUT2D eigenvalue weighted by molar-refractivity contribution is 0.654. The van der Waals surface area contributed by atoms with Gasteiger partial charge in [-0.05, 0) is 30.2 Å². The fourth-order valence-corrected chi connectivity index (χ4v) is 2.75. The fourth-order valence-electron chi connectivity index (χ4n) is 2.54. The van der Waals surface area contributed by atoms with Crippen LogP contribution in [0.4, 0.5) is 0 Å². The number of hydrogen-bond acceptors (Lipinski definition) is 3. The Labute approximate surface area is 134 Å². The summed E-state index contributed by atoms with van der Waals surface area (Å²) in [4.78, 5) is 0. The molecule has 0 fully saturated rings. The first-order chi connectivity index (χ1) is 10.7. The van der Waals surface area contributed by atoms with Crippen LogP contribution in [-0.4, -0.2) is 15.0 Å². The standard InChI is InChI=1S/C17H17ClN4/c1-12-5-2-3-8-15(12)17-16(10-19)20-21-22(17)11-13-6-4-7-14(18)9-13/h2-9H,10-11,19H2,1H3. The minimum atomic E-state index is 0.360. The average molecular weight is 313 g/mol. The third-order valence-electron chi connectivity index (χ3n) is 3.62. The van der Waals surface area contributed by atoms with Gasteiger partial charge in [-0.3, -0.25) is 0 Å². The summed E-state index contributed by atoms with van der Waals surface area (Å²) < 4.78 is 1.89. The zero-order chi connectivity index (χ0) is 15.5. The second kappa shape index (κ2) is 6.30. The van der Waals surface area contributed by atoms with Gasteiger partial charge >= 0.3 is 0 Å². The maximum Gasteiger partial charge on any atom is 0.104 e. The molecule has 0 radical (unpaired) electrons. The summed E-state index contributed by atoms with van der Waals surface area (Å²) in [5.74, 6) is 0. The molecule has 0 saturated heterocycles. The zero-order valence-electron chi connectivity index (χ0n) is 12.3. The van der Waals surface area contributed by atoms with Crippen LogP contribution < -0.4 is 5.73 Å². The molecule has 0 aliphatic carbocycles. The van der Waals surface area contributed by atoms with E-state index in [-0.39, 0.29) is 0 Å². The molecule has 0 spiro atoms. The van der Waals surface area contributed by atoms with Crippen LogP contribution in [0.5, 0.6) is 0 Å². The maximum atomic E-state index is 6.06. The molecule has 1 heterocycles. The quantitative estimate of drug-likeness (QED) is 0.803. The van der Waals surface area contributed by atoms with Crippen LogP contribution in [0.1, 0.15) is 16.8 Å². The molecule has 0 aliphatic heterocycles. The normalized spacial score (nSPS) is 10.9. The first-order valence-electron chi connectivity index (χ1n) is 7.12. The van der Waals surface area contributed by atoms with Gasteiger partial charge in [-0.15, -0.1) is 5.10 Å². The van der Waals surface area contributed by atoms with Crippen molar-refractivity contribution in [3.05, 3.63) is 70.4 Å². The van der Waals surface area contributed by atoms with Crippen LogP contribution >= 0.6 is 11.6 Å². The Morgan fingerprint density at radius 1 is 1.14 bits per heavy atom. The third kappa shape index (κ3) is 2.89. The zero-order valence-corrected chi connectivity index (χ0v) is 13.1. The molecule has 0 amide bonds. The van der Waals surface area contributed by atoms with Gasteiger partial charge in [0.1, 0.15) is 5.69 Å². The van der Waals surface area contributed by atoms with Gasteiger partial charge in [0.15, 0.2) is 0 Å². The summed E-state index contributed by atoms with van der Waals surface area (Å²) >= 11 is 6.06. The van der Waals surface area contributed by atoms with Crippen molar-refractivity contribution in [3.63, 3.8) is 0 Å². The van der Waals surface area contributed by atoms with Gasteiger partial charge < -0.3 is 5.73 Å². The first kappa shape index (κ1) is 14.8. The molecule has 3 aromatic rings. The summed E-state index contributed by atoms with van der Waals surface area (Å²) in [5.41, 5.74) is 11.0. The van der Waals surface area contributed by atoms with Crippen LogP contribution in [0, 0.1) is 6.92 Å². The van der Waals surface area contributed by atoms with Crippen LogP contribution in [0.3, 0.4) is 0 Å². The van der Waals surface area contributed by atoms with Crippen molar-refractivity contribution in [1.82, 2.24) is 15.0 Å². The number of rotatable bonds is 4. The molecular formula is C17H17ClN4. The van der Waals surface area contributed by atoms with E-state index in [1.807, 2.05) is 41.1 Å². The molecule has 1 aromatic heterocycles. The van der Waals surface area contributed by atoms with E-state index in [9.17, 15) is 0 Å². The highest BCUT2D eigenvalue weighted by Gasteiger charge is 2.15. The minimum Gasteiger partial charge on any atom is -0.325 e. The van der Waals surface area contributed by atoms with E-state index in [4.69, 9.17) is 17.3 Å². The number of benzene rings is 2. The van der Waals surface area contributed by atoms with E-state index in [0.29, 0.717) is 18.1 Å². The van der Waals surface area contributed by atoms with Crippen molar-refractivity contribution >= 4 is 11.6 Å². The van der Waals surface area contributed by atoms with Crippen molar-refractivity contribution in [2.45, 2.75) is 20.0 Å². The summed E-state index contributed by atoms with van der Waals surface area (Å²) in [6.07, 6.45) is 0. The Morgan fingerprint density at radius 2 is 1.95 bits per heavy atom. The molecule has 5 heteroatoms. The highest BCUT2D eigenvalue weighted by Crippen LogP contribution is 2.26. The van der Waals surface area contributed by atoms with Gasteiger partial charge in [-0.1, -0.05) is 53.2 Å². The number of aromatic nitrogens is 3. The second-order valence-electron chi connectivity index (χ2n) is 5.19. The summed E-state index contributed by atoms with van der Waals surface area (Å²) in [6.45, 7) is 3.04. The Kier molecular flexibility index (Phi) is 4.22. The highest BCUT2D eigenvalue weighted by atomic mass is 35.5. The fraction of sp³-hybridized carbons (Fsp3) is 0.176. The molecule has 22 heavy (non-hydrogen) atoms. The molecule has 4 nitrogen and oxygen atoms in total. The van der Waals surface area contributed by atoms with E-state index in [0.717, 1.165) is 22.5 Å². The third-order valence-corrected chi connectivity index (χ3v) is 3.85. The lowest BCUT2D eigenvalue weighted by atomic mass is 10.0. The largest absolute Gasteiger partial charge is 0.325 e. The first-order valence-corrected chi connectivity index (χ1v) is 7.49. The van der Waals surface area contributed by atoms with Gasteiger partial charge in [0.2, 0.25) is 0 Å². The maximum absolute atomic E-state index is 6.06. The number of nitrogens with zero attached hydrogens (tertiary/aromatic N) is 3. The van der Waals surface area contributed by atoms with Crippen LogP contribution in [0.15, 0.2) is 48.5 Å². The molecule has 0 saturated carbocycles. The molecule has 3 rings (SSSR count). The van der Waals surface area contributed by atoms with E-state index in [1.165, 1.54) is 5.56 Å². The molecule has 112 valence electrons. The molecule has 2 aromatic carbocycles. The van der Waals surface area contributed by atoms with Gasteiger partial charge in [0, 0.05) is 17.1 Å². The SMILES string of the molecule is Cc1ccccc1-c1c(CN)nnn1Cc1cccc(Cl)c1. The van der Waals surface area contributed by atoms with Crippen molar-refractivity contribution < 1.29 is 0 Å². The number of aryl methyl sites for hydroxylation is 1. The van der Waals surface area contributed by atoms with Gasteiger partial charge in [0.25, 0.3) is 0 Å². The molecule has 0 unspecified atom stereocenters. The van der Waals surface area contributed by atoms with Crippen molar-refractivity contribution in [3.8, 4) is 11.3 Å². The molecular weight excluding hydrogens is 296 g/mol. The predicted octanol–water partition coefficient (Wildman–Crippen LogP) is 3.41. The Balaban J connectivity index is 2.06. The number of hydrogen-bond donors (Lipinski definition) is 1. The van der Waals surface area contributed by atoms with Crippen LogP contribution in [0.25, 0.3) is 11.3 Å². The Bertz CT molecular complexity index is 795. The minimum absolute atomic E-state index is 0.360. The molecule has 0 aliphatic rings. The van der Waals surface area contributed by atoms with Gasteiger partial charge in [-0.2, -0.15) is 0 Å². The monoisotopic (exact) mass is 312 g/mol. The van der Waals surface area contributed by atoms with Crippen LogP contribution in [0.2, 0.25) is 5.02 Å².